The number of hydrogen-bond donors (Lipinski definition) is 0. The number of hydrogen-bond acceptors (Lipinski definition) is 5. The Morgan fingerprint density at radius 3 is 2.70 bits per heavy atom. The van der Waals surface area contributed by atoms with Gasteiger partial charge in [-0.1, -0.05) is 36.4 Å². The number of halogens is 1. The van der Waals surface area contributed by atoms with Crippen LogP contribution in [-0.4, -0.2) is 22.4 Å². The average Bonchev–Trinajstić information content (AvgIpc) is 3.16. The first kappa shape index (κ1) is 18.4. The molecule has 1 aromatic heterocycles. The molecule has 0 fully saturated rings. The highest BCUT2D eigenvalue weighted by molar-refractivity contribution is 7.14. The fourth-order valence-electron chi connectivity index (χ4n) is 2.49. The monoisotopic (exact) mass is 383 g/mol. The fourth-order valence-corrected chi connectivity index (χ4v) is 3.33. The fraction of sp³-hybridized carbons (Fsp3) is 0.0526. The lowest BCUT2D eigenvalue weighted by molar-refractivity contribution is -0.385. The molecule has 0 atom stereocenters. The molecular weight excluding hydrogens is 369 g/mol. The largest absolute Gasteiger partial charge is 0.282 e. The first-order valence-electron chi connectivity index (χ1n) is 7.89. The molecule has 8 heteroatoms. The van der Waals surface area contributed by atoms with Crippen LogP contribution in [0.15, 0.2) is 66.6 Å². The zero-order chi connectivity index (χ0) is 19.4. The van der Waals surface area contributed by atoms with Crippen LogP contribution >= 0.6 is 11.3 Å². The number of nitrogens with zero attached hydrogens (tertiary/aromatic N) is 3. The van der Waals surface area contributed by atoms with Gasteiger partial charge in [0.2, 0.25) is 0 Å². The van der Waals surface area contributed by atoms with Gasteiger partial charge in [-0.15, -0.1) is 17.9 Å². The lowest BCUT2D eigenvalue weighted by Gasteiger charge is -2.18. The van der Waals surface area contributed by atoms with Crippen molar-refractivity contribution in [2.45, 2.75) is 0 Å². The van der Waals surface area contributed by atoms with Gasteiger partial charge in [0.05, 0.1) is 10.6 Å². The molecule has 3 aromatic rings. The summed E-state index contributed by atoms with van der Waals surface area (Å²) < 4.78 is 13.6. The van der Waals surface area contributed by atoms with Gasteiger partial charge in [-0.05, 0) is 12.1 Å². The van der Waals surface area contributed by atoms with E-state index in [2.05, 4.69) is 11.6 Å². The summed E-state index contributed by atoms with van der Waals surface area (Å²) >= 11 is 1.22. The molecule has 0 spiro atoms. The molecule has 2 aromatic carbocycles. The molecule has 0 aliphatic rings. The second-order valence-corrected chi connectivity index (χ2v) is 6.34. The van der Waals surface area contributed by atoms with E-state index in [1.807, 2.05) is 30.3 Å². The Hall–Kier alpha value is -3.39. The summed E-state index contributed by atoms with van der Waals surface area (Å²) in [4.78, 5) is 29.1. The number of aromatic nitrogens is 1. The molecular formula is C19H14FN3O3S. The molecule has 0 bridgehead atoms. The van der Waals surface area contributed by atoms with Gasteiger partial charge >= 0.3 is 0 Å². The second kappa shape index (κ2) is 7.88. The first-order chi connectivity index (χ1) is 13.0. The third-order valence-corrected chi connectivity index (χ3v) is 4.60. The zero-order valence-corrected chi connectivity index (χ0v) is 14.9. The molecule has 0 saturated heterocycles. The highest BCUT2D eigenvalue weighted by Crippen LogP contribution is 2.30. The summed E-state index contributed by atoms with van der Waals surface area (Å²) in [5, 5.41) is 13.4. The molecule has 136 valence electrons. The van der Waals surface area contributed by atoms with E-state index in [-0.39, 0.29) is 12.1 Å². The van der Waals surface area contributed by atoms with Crippen molar-refractivity contribution >= 4 is 28.1 Å². The Balaban J connectivity index is 2.01. The summed E-state index contributed by atoms with van der Waals surface area (Å²) in [5.74, 6) is -1.44. The van der Waals surface area contributed by atoms with Crippen molar-refractivity contribution in [1.29, 1.82) is 0 Å². The van der Waals surface area contributed by atoms with Crippen LogP contribution in [0.1, 0.15) is 10.4 Å². The lowest BCUT2D eigenvalue weighted by atomic mass is 10.1. The van der Waals surface area contributed by atoms with Crippen LogP contribution in [0.5, 0.6) is 0 Å². The first-order valence-corrected chi connectivity index (χ1v) is 8.77. The SMILES string of the molecule is C=CCN(C(=O)c1cc(F)ccc1[N+](=O)[O-])c1nc(-c2ccccc2)cs1. The number of carbonyl (C=O) groups is 1. The van der Waals surface area contributed by atoms with Gasteiger partial charge in [-0.25, -0.2) is 9.37 Å². The summed E-state index contributed by atoms with van der Waals surface area (Å²) in [5.41, 5.74) is 0.752. The smallest absolute Gasteiger partial charge is 0.280 e. The van der Waals surface area contributed by atoms with E-state index in [1.165, 1.54) is 22.3 Å². The van der Waals surface area contributed by atoms with Gasteiger partial charge in [0.15, 0.2) is 5.13 Å². The summed E-state index contributed by atoms with van der Waals surface area (Å²) in [6.07, 6.45) is 1.48. The molecule has 0 saturated carbocycles. The van der Waals surface area contributed by atoms with Crippen LogP contribution in [0.3, 0.4) is 0 Å². The maximum atomic E-state index is 13.6. The number of rotatable bonds is 6. The average molecular weight is 383 g/mol. The quantitative estimate of drug-likeness (QED) is 0.351. The van der Waals surface area contributed by atoms with Crippen LogP contribution < -0.4 is 4.90 Å². The van der Waals surface area contributed by atoms with E-state index >= 15 is 0 Å². The maximum Gasteiger partial charge on any atom is 0.282 e. The molecule has 0 aliphatic carbocycles. The van der Waals surface area contributed by atoms with E-state index in [0.717, 1.165) is 23.8 Å². The van der Waals surface area contributed by atoms with Crippen molar-refractivity contribution in [2.24, 2.45) is 0 Å². The van der Waals surface area contributed by atoms with E-state index in [1.54, 1.807) is 5.38 Å². The van der Waals surface area contributed by atoms with Gasteiger partial charge in [-0.3, -0.25) is 19.8 Å². The topological polar surface area (TPSA) is 76.3 Å². The minimum absolute atomic E-state index is 0.0776. The van der Waals surface area contributed by atoms with Gasteiger partial charge in [-0.2, -0.15) is 0 Å². The number of amides is 1. The van der Waals surface area contributed by atoms with Crippen molar-refractivity contribution in [3.05, 3.63) is 88.1 Å². The Morgan fingerprint density at radius 1 is 1.30 bits per heavy atom. The Morgan fingerprint density at radius 2 is 2.04 bits per heavy atom. The van der Waals surface area contributed by atoms with Gasteiger partial charge in [0.25, 0.3) is 11.6 Å². The van der Waals surface area contributed by atoms with E-state index in [0.29, 0.717) is 10.8 Å². The molecule has 0 aliphatic heterocycles. The molecule has 0 unspecified atom stereocenters. The van der Waals surface area contributed by atoms with Crippen molar-refractivity contribution in [3.63, 3.8) is 0 Å². The lowest BCUT2D eigenvalue weighted by Crippen LogP contribution is -2.31. The Bertz CT molecular complexity index is 1000. The highest BCUT2D eigenvalue weighted by Gasteiger charge is 2.27. The second-order valence-electron chi connectivity index (χ2n) is 5.50. The molecule has 1 amide bonds. The van der Waals surface area contributed by atoms with Crippen LogP contribution in [0, 0.1) is 15.9 Å². The number of nitro groups is 1. The third-order valence-electron chi connectivity index (χ3n) is 3.74. The predicted molar refractivity (Wildman–Crippen MR) is 102 cm³/mol. The number of nitro benzene ring substituents is 1. The minimum atomic E-state index is -0.730. The van der Waals surface area contributed by atoms with Gasteiger partial charge < -0.3 is 0 Å². The van der Waals surface area contributed by atoms with Gasteiger partial charge in [0, 0.05) is 23.6 Å². The Kier molecular flexibility index (Phi) is 5.37. The minimum Gasteiger partial charge on any atom is -0.280 e. The van der Waals surface area contributed by atoms with Crippen molar-refractivity contribution in [1.82, 2.24) is 4.98 Å². The predicted octanol–water partition coefficient (Wildman–Crippen LogP) is 4.69. The zero-order valence-electron chi connectivity index (χ0n) is 14.0. The molecule has 1 heterocycles. The maximum absolute atomic E-state index is 13.6. The summed E-state index contributed by atoms with van der Waals surface area (Å²) in [7, 11) is 0. The van der Waals surface area contributed by atoms with Crippen molar-refractivity contribution in [2.75, 3.05) is 11.4 Å². The number of benzene rings is 2. The normalized spacial score (nSPS) is 10.4. The number of carbonyl (C=O) groups excluding carboxylic acids is 1. The molecule has 27 heavy (non-hydrogen) atoms. The Labute approximate surface area is 158 Å². The molecule has 3 rings (SSSR count). The van der Waals surface area contributed by atoms with E-state index in [9.17, 15) is 19.3 Å². The van der Waals surface area contributed by atoms with Gasteiger partial charge in [0.1, 0.15) is 11.4 Å². The van der Waals surface area contributed by atoms with E-state index in [4.69, 9.17) is 0 Å². The van der Waals surface area contributed by atoms with Crippen molar-refractivity contribution in [3.8, 4) is 11.3 Å². The van der Waals surface area contributed by atoms with E-state index < -0.39 is 22.3 Å². The van der Waals surface area contributed by atoms with Crippen LogP contribution in [0.4, 0.5) is 15.2 Å². The molecule has 0 radical (unpaired) electrons. The highest BCUT2D eigenvalue weighted by atomic mass is 32.1. The number of anilines is 1. The van der Waals surface area contributed by atoms with Crippen LogP contribution in [-0.2, 0) is 0 Å². The molecule has 0 N–H and O–H groups in total. The van der Waals surface area contributed by atoms with Crippen LogP contribution in [0.2, 0.25) is 0 Å². The number of thiazole rings is 1. The van der Waals surface area contributed by atoms with Crippen LogP contribution in [0.25, 0.3) is 11.3 Å². The summed E-state index contributed by atoms with van der Waals surface area (Å²) in [6, 6.07) is 12.2. The van der Waals surface area contributed by atoms with Crippen molar-refractivity contribution < 1.29 is 14.1 Å². The summed E-state index contributed by atoms with van der Waals surface area (Å²) in [6.45, 7) is 3.69. The third kappa shape index (κ3) is 3.90. The standard InChI is InChI=1S/C19H14FN3O3S/c1-2-10-22(18(24)15-11-14(20)8-9-17(15)23(25)26)19-21-16(12-27-19)13-6-4-3-5-7-13/h2-9,11-12H,1,10H2. The molecule has 6 nitrogen and oxygen atoms in total.